The van der Waals surface area contributed by atoms with Crippen molar-refractivity contribution in [1.29, 1.82) is 0 Å². The minimum Gasteiger partial charge on any atom is -0.328 e. The Bertz CT molecular complexity index is 47.8. The molecule has 2 N–H and O–H groups in total. The van der Waals surface area contributed by atoms with Gasteiger partial charge >= 0.3 is 0 Å². The predicted octanol–water partition coefficient (Wildman–Crippen LogP) is 1.74. The van der Waals surface area contributed by atoms with E-state index in [0.717, 1.165) is 25.1 Å². The zero-order valence-corrected chi connectivity index (χ0v) is 6.12. The van der Waals surface area contributed by atoms with E-state index in [-0.39, 0.29) is 0 Å². The van der Waals surface area contributed by atoms with E-state index in [0.29, 0.717) is 6.04 Å². The second kappa shape index (κ2) is 5.39. The van der Waals surface area contributed by atoms with Crippen molar-refractivity contribution in [2.24, 2.45) is 5.73 Å². The average molecular weight is 136 g/mol. The Morgan fingerprint density at radius 3 is 2.62 bits per heavy atom. The molecule has 50 valence electrons. The lowest BCUT2D eigenvalue weighted by Crippen LogP contribution is -2.17. The highest BCUT2D eigenvalue weighted by atomic mass is 35.5. The molecule has 0 amide bonds. The zero-order valence-electron chi connectivity index (χ0n) is 5.36. The minimum absolute atomic E-state index is 0.369. The normalized spacial score (nSPS) is 13.9. The highest BCUT2D eigenvalue weighted by molar-refractivity contribution is 6.17. The van der Waals surface area contributed by atoms with Gasteiger partial charge in [0.2, 0.25) is 0 Å². The second-order valence-electron chi connectivity index (χ2n) is 2.00. The summed E-state index contributed by atoms with van der Waals surface area (Å²) in [5, 5.41) is 0. The summed E-state index contributed by atoms with van der Waals surface area (Å²) >= 11 is 5.45. The van der Waals surface area contributed by atoms with Crippen LogP contribution in [0, 0.1) is 0 Å². The fraction of sp³-hybridized carbons (Fsp3) is 1.00. The molecule has 0 aliphatic heterocycles. The molecule has 0 aromatic rings. The van der Waals surface area contributed by atoms with Crippen molar-refractivity contribution < 1.29 is 0 Å². The number of alkyl halides is 1. The molecule has 8 heavy (non-hydrogen) atoms. The van der Waals surface area contributed by atoms with E-state index >= 15 is 0 Å². The summed E-state index contributed by atoms with van der Waals surface area (Å²) in [5.74, 6) is 0.744. The number of nitrogens with two attached hydrogens (primary N) is 1. The lowest BCUT2D eigenvalue weighted by atomic mass is 10.1. The molecular formula is C6H14ClN. The van der Waals surface area contributed by atoms with Gasteiger partial charge in [0.25, 0.3) is 0 Å². The van der Waals surface area contributed by atoms with Crippen LogP contribution >= 0.6 is 11.6 Å². The average Bonchev–Trinajstić information content (AvgIpc) is 1.83. The summed E-state index contributed by atoms with van der Waals surface area (Å²) in [6.07, 6.45) is 3.19. The highest BCUT2D eigenvalue weighted by Gasteiger charge is 1.95. The van der Waals surface area contributed by atoms with Crippen LogP contribution in [0.5, 0.6) is 0 Å². The van der Waals surface area contributed by atoms with Gasteiger partial charge in [0, 0.05) is 11.9 Å². The van der Waals surface area contributed by atoms with Gasteiger partial charge in [-0.15, -0.1) is 11.6 Å². The van der Waals surface area contributed by atoms with Crippen LogP contribution in [0.3, 0.4) is 0 Å². The van der Waals surface area contributed by atoms with Gasteiger partial charge in [-0.05, 0) is 19.3 Å². The molecule has 0 aromatic heterocycles. The van der Waals surface area contributed by atoms with E-state index in [1.807, 2.05) is 0 Å². The highest BCUT2D eigenvalue weighted by Crippen LogP contribution is 1.98. The van der Waals surface area contributed by atoms with E-state index in [4.69, 9.17) is 17.3 Å². The lowest BCUT2D eigenvalue weighted by molar-refractivity contribution is 0.588. The standard InChI is InChI=1S/C6H14ClN/c1-2-6(8)4-3-5-7/h6H,2-5,8H2,1H3. The number of hydrogen-bond donors (Lipinski definition) is 1. The van der Waals surface area contributed by atoms with Gasteiger partial charge in [0.15, 0.2) is 0 Å². The van der Waals surface area contributed by atoms with Crippen LogP contribution in [0.4, 0.5) is 0 Å². The molecule has 0 saturated carbocycles. The molecule has 0 saturated heterocycles. The molecular weight excluding hydrogens is 122 g/mol. The third kappa shape index (κ3) is 4.41. The Labute approximate surface area is 56.2 Å². The summed E-state index contributed by atoms with van der Waals surface area (Å²) in [6.45, 7) is 2.10. The molecule has 1 nitrogen and oxygen atoms in total. The predicted molar refractivity (Wildman–Crippen MR) is 38.2 cm³/mol. The maximum absolute atomic E-state index is 5.60. The fourth-order valence-corrected chi connectivity index (χ4v) is 0.698. The van der Waals surface area contributed by atoms with Gasteiger partial charge in [-0.1, -0.05) is 6.92 Å². The van der Waals surface area contributed by atoms with Crippen LogP contribution in [0.2, 0.25) is 0 Å². The van der Waals surface area contributed by atoms with E-state index in [1.54, 1.807) is 0 Å². The van der Waals surface area contributed by atoms with E-state index in [2.05, 4.69) is 6.92 Å². The van der Waals surface area contributed by atoms with Crippen LogP contribution in [-0.2, 0) is 0 Å². The summed E-state index contributed by atoms with van der Waals surface area (Å²) in [4.78, 5) is 0. The first-order valence-electron chi connectivity index (χ1n) is 3.12. The number of rotatable bonds is 4. The maximum atomic E-state index is 5.60. The molecule has 0 aliphatic carbocycles. The van der Waals surface area contributed by atoms with Crippen molar-refractivity contribution >= 4 is 11.6 Å². The largest absolute Gasteiger partial charge is 0.328 e. The second-order valence-corrected chi connectivity index (χ2v) is 2.38. The first kappa shape index (κ1) is 8.25. The van der Waals surface area contributed by atoms with Gasteiger partial charge < -0.3 is 5.73 Å². The van der Waals surface area contributed by atoms with Crippen molar-refractivity contribution in [1.82, 2.24) is 0 Å². The molecule has 1 unspecified atom stereocenters. The molecule has 0 fully saturated rings. The third-order valence-electron chi connectivity index (χ3n) is 1.23. The maximum Gasteiger partial charge on any atom is 0.0224 e. The summed E-state index contributed by atoms with van der Waals surface area (Å²) in [5.41, 5.74) is 5.60. The van der Waals surface area contributed by atoms with Gasteiger partial charge in [0.1, 0.15) is 0 Å². The van der Waals surface area contributed by atoms with Crippen LogP contribution in [0.25, 0.3) is 0 Å². The van der Waals surface area contributed by atoms with Crippen LogP contribution in [0.1, 0.15) is 26.2 Å². The minimum atomic E-state index is 0.369. The quantitative estimate of drug-likeness (QED) is 0.584. The zero-order chi connectivity index (χ0) is 6.41. The van der Waals surface area contributed by atoms with Gasteiger partial charge in [-0.2, -0.15) is 0 Å². The number of halogens is 1. The Kier molecular flexibility index (Phi) is 5.56. The molecule has 0 bridgehead atoms. The summed E-state index contributed by atoms with van der Waals surface area (Å²) in [7, 11) is 0. The Morgan fingerprint density at radius 1 is 1.62 bits per heavy atom. The molecule has 0 aliphatic rings. The first-order chi connectivity index (χ1) is 3.81. The topological polar surface area (TPSA) is 26.0 Å². The summed E-state index contributed by atoms with van der Waals surface area (Å²) in [6, 6.07) is 0.369. The Hall–Kier alpha value is 0.250. The van der Waals surface area contributed by atoms with Crippen molar-refractivity contribution in [2.45, 2.75) is 32.2 Å². The van der Waals surface area contributed by atoms with Crippen LogP contribution in [0.15, 0.2) is 0 Å². The fourth-order valence-electron chi connectivity index (χ4n) is 0.543. The number of hydrogen-bond acceptors (Lipinski definition) is 1. The Balaban J connectivity index is 2.86. The molecule has 1 atom stereocenters. The molecule has 2 heteroatoms. The molecule has 0 heterocycles. The molecule has 0 aromatic carbocycles. The van der Waals surface area contributed by atoms with E-state index < -0.39 is 0 Å². The van der Waals surface area contributed by atoms with Crippen molar-refractivity contribution in [2.75, 3.05) is 5.88 Å². The van der Waals surface area contributed by atoms with Crippen LogP contribution in [-0.4, -0.2) is 11.9 Å². The monoisotopic (exact) mass is 135 g/mol. The van der Waals surface area contributed by atoms with E-state index in [1.165, 1.54) is 0 Å². The van der Waals surface area contributed by atoms with Gasteiger partial charge in [0.05, 0.1) is 0 Å². The smallest absolute Gasteiger partial charge is 0.0224 e. The Morgan fingerprint density at radius 2 is 2.25 bits per heavy atom. The van der Waals surface area contributed by atoms with Gasteiger partial charge in [-0.25, -0.2) is 0 Å². The van der Waals surface area contributed by atoms with Gasteiger partial charge in [-0.3, -0.25) is 0 Å². The van der Waals surface area contributed by atoms with Crippen molar-refractivity contribution in [3.05, 3.63) is 0 Å². The van der Waals surface area contributed by atoms with E-state index in [9.17, 15) is 0 Å². The van der Waals surface area contributed by atoms with Crippen molar-refractivity contribution in [3.8, 4) is 0 Å². The summed E-state index contributed by atoms with van der Waals surface area (Å²) < 4.78 is 0. The third-order valence-corrected chi connectivity index (χ3v) is 1.50. The first-order valence-corrected chi connectivity index (χ1v) is 3.66. The van der Waals surface area contributed by atoms with Crippen LogP contribution < -0.4 is 5.73 Å². The molecule has 0 rings (SSSR count). The SMILES string of the molecule is CCC(N)CCCCl. The molecule has 0 radical (unpaired) electrons. The lowest BCUT2D eigenvalue weighted by Gasteiger charge is -2.04. The molecule has 0 spiro atoms. The van der Waals surface area contributed by atoms with Crippen molar-refractivity contribution in [3.63, 3.8) is 0 Å².